The van der Waals surface area contributed by atoms with Crippen LogP contribution in [0, 0.1) is 0 Å². The van der Waals surface area contributed by atoms with E-state index in [9.17, 15) is 9.59 Å². The maximum atomic E-state index is 13.8. The van der Waals surface area contributed by atoms with Gasteiger partial charge in [-0.25, -0.2) is 9.79 Å². The third-order valence-corrected chi connectivity index (χ3v) is 7.96. The first-order valence-corrected chi connectivity index (χ1v) is 14.3. The Balaban J connectivity index is 1.25. The number of hydrogen-bond donors (Lipinski definition) is 2. The van der Waals surface area contributed by atoms with Crippen LogP contribution in [0.1, 0.15) is 27.0 Å². The molecule has 0 aliphatic carbocycles. The number of para-hydroxylation sites is 3. The average molecular weight is 574 g/mol. The molecule has 1 aliphatic heterocycles. The zero-order chi connectivity index (χ0) is 28.9. The lowest BCUT2D eigenvalue weighted by atomic mass is 10.1. The summed E-state index contributed by atoms with van der Waals surface area (Å²) in [6.45, 7) is 0.750. The molecule has 4 aromatic carbocycles. The molecule has 6 rings (SSSR count). The summed E-state index contributed by atoms with van der Waals surface area (Å²) in [6.07, 6.45) is 4.53. The number of nitrogens with one attached hydrogen (secondary N) is 1. The van der Waals surface area contributed by atoms with Gasteiger partial charge in [-0.15, -0.1) is 0 Å². The Labute approximate surface area is 247 Å². The second-order valence-corrected chi connectivity index (χ2v) is 10.7. The summed E-state index contributed by atoms with van der Waals surface area (Å²) >= 11 is 1.35. The molecule has 8 heteroatoms. The van der Waals surface area contributed by atoms with Crippen molar-refractivity contribution in [1.82, 2.24) is 9.88 Å². The van der Waals surface area contributed by atoms with E-state index in [0.717, 1.165) is 33.3 Å². The lowest BCUT2D eigenvalue weighted by Gasteiger charge is -2.15. The van der Waals surface area contributed by atoms with Crippen LogP contribution in [0.4, 0.5) is 5.69 Å². The van der Waals surface area contributed by atoms with Crippen LogP contribution in [-0.4, -0.2) is 38.6 Å². The molecule has 1 saturated heterocycles. The largest absolute Gasteiger partial charge is 0.488 e. The highest BCUT2D eigenvalue weighted by Crippen LogP contribution is 2.36. The van der Waals surface area contributed by atoms with Crippen LogP contribution in [0.2, 0.25) is 0 Å². The summed E-state index contributed by atoms with van der Waals surface area (Å²) in [5.74, 6) is -0.447. The highest BCUT2D eigenvalue weighted by molar-refractivity contribution is 8.18. The molecule has 0 atom stereocenters. The van der Waals surface area contributed by atoms with Gasteiger partial charge in [-0.3, -0.25) is 9.69 Å². The van der Waals surface area contributed by atoms with Gasteiger partial charge in [-0.1, -0.05) is 66.7 Å². The number of rotatable bonds is 9. The molecule has 7 nitrogen and oxygen atoms in total. The van der Waals surface area contributed by atoms with Crippen molar-refractivity contribution in [3.63, 3.8) is 0 Å². The lowest BCUT2D eigenvalue weighted by Crippen LogP contribution is -2.31. The number of fused-ring (bicyclic) bond motifs is 1. The van der Waals surface area contributed by atoms with Crippen molar-refractivity contribution in [3.05, 3.63) is 136 Å². The summed E-state index contributed by atoms with van der Waals surface area (Å²) in [5.41, 5.74) is 4.84. The maximum absolute atomic E-state index is 13.8. The first-order chi connectivity index (χ1) is 20.5. The number of H-pyrrole nitrogens is 1. The average Bonchev–Trinajstić information content (AvgIpc) is 3.56. The molecule has 5 aromatic rings. The molecule has 0 saturated carbocycles. The predicted molar refractivity (Wildman–Crippen MR) is 167 cm³/mol. The maximum Gasteiger partial charge on any atom is 0.335 e. The second kappa shape index (κ2) is 12.2. The molecule has 0 bridgehead atoms. The van der Waals surface area contributed by atoms with E-state index >= 15 is 0 Å². The molecule has 1 aliphatic rings. The van der Waals surface area contributed by atoms with Crippen molar-refractivity contribution in [3.8, 4) is 5.75 Å². The molecule has 0 unspecified atom stereocenters. The van der Waals surface area contributed by atoms with E-state index in [0.29, 0.717) is 28.8 Å². The monoisotopic (exact) mass is 573 g/mol. The fourth-order valence-electron chi connectivity index (χ4n) is 4.75. The predicted octanol–water partition coefficient (Wildman–Crippen LogP) is 7.29. The van der Waals surface area contributed by atoms with Gasteiger partial charge in [0.05, 0.1) is 16.2 Å². The Morgan fingerprint density at radius 2 is 1.67 bits per heavy atom. The van der Waals surface area contributed by atoms with Gasteiger partial charge in [0, 0.05) is 29.2 Å². The van der Waals surface area contributed by atoms with E-state index in [-0.39, 0.29) is 18.1 Å². The molecule has 208 valence electrons. The van der Waals surface area contributed by atoms with E-state index in [1.165, 1.54) is 11.8 Å². The molecule has 0 radical (unpaired) electrons. The van der Waals surface area contributed by atoms with Gasteiger partial charge in [0.25, 0.3) is 5.91 Å². The molecule has 1 amide bonds. The number of nitrogens with zero attached hydrogens (tertiary/aromatic N) is 2. The zero-order valence-corrected chi connectivity index (χ0v) is 23.4. The van der Waals surface area contributed by atoms with Crippen LogP contribution in [0.3, 0.4) is 0 Å². The molecule has 2 heterocycles. The van der Waals surface area contributed by atoms with Crippen LogP contribution in [0.5, 0.6) is 5.75 Å². The number of hydrogen-bond acceptors (Lipinski definition) is 5. The molecule has 42 heavy (non-hydrogen) atoms. The van der Waals surface area contributed by atoms with Crippen molar-refractivity contribution in [1.29, 1.82) is 0 Å². The highest BCUT2D eigenvalue weighted by Gasteiger charge is 2.33. The lowest BCUT2D eigenvalue weighted by molar-refractivity contribution is -0.122. The van der Waals surface area contributed by atoms with E-state index in [4.69, 9.17) is 14.8 Å². The molecule has 0 spiro atoms. The first kappa shape index (κ1) is 27.1. The number of aliphatic imine (C=N–C) groups is 1. The fraction of sp³-hybridized carbons (Fsp3) is 0.0882. The molecule has 1 aromatic heterocycles. The Bertz CT molecular complexity index is 1810. The number of amides is 1. The van der Waals surface area contributed by atoms with Crippen molar-refractivity contribution in [2.75, 3.05) is 6.54 Å². The third kappa shape index (κ3) is 5.99. The van der Waals surface area contributed by atoms with E-state index in [1.54, 1.807) is 29.2 Å². The number of carbonyl (C=O) groups is 2. The minimum Gasteiger partial charge on any atom is -0.488 e. The normalized spacial score (nSPS) is 15.1. The van der Waals surface area contributed by atoms with Gasteiger partial charge in [-0.05, 0) is 71.8 Å². The molecular weight excluding hydrogens is 546 g/mol. The van der Waals surface area contributed by atoms with Gasteiger partial charge < -0.3 is 14.8 Å². The first-order valence-electron chi connectivity index (χ1n) is 13.5. The zero-order valence-electron chi connectivity index (χ0n) is 22.6. The quantitative estimate of drug-likeness (QED) is 0.181. The number of carbonyl (C=O) groups excluding carboxylic acids is 1. The fourth-order valence-corrected chi connectivity index (χ4v) is 5.76. The van der Waals surface area contributed by atoms with Gasteiger partial charge in [0.1, 0.15) is 12.4 Å². The summed E-state index contributed by atoms with van der Waals surface area (Å²) in [5, 5.41) is 10.9. The summed E-state index contributed by atoms with van der Waals surface area (Å²) < 4.78 is 6.10. The summed E-state index contributed by atoms with van der Waals surface area (Å²) in [6, 6.07) is 31.9. The summed E-state index contributed by atoms with van der Waals surface area (Å²) in [7, 11) is 0. The van der Waals surface area contributed by atoms with Gasteiger partial charge in [0.2, 0.25) is 0 Å². The molecule has 1 fully saturated rings. The number of aromatic carboxylic acids is 1. The standard InChI is InChI=1S/C34H27N3O4S/c38-32-31(20-25-8-4-7-13-30(25)41-22-23-14-16-24(17-15-23)33(39)40)42-34(36-27-9-2-1-3-10-27)37(32)19-18-26-21-35-29-12-6-5-11-28(26)29/h1-17,20-21,35H,18-19,22H2,(H,39,40)/b31-20-,36-34?. The van der Waals surface area contributed by atoms with Gasteiger partial charge in [-0.2, -0.15) is 0 Å². The summed E-state index contributed by atoms with van der Waals surface area (Å²) in [4.78, 5) is 35.4. The van der Waals surface area contributed by atoms with Crippen molar-refractivity contribution in [2.24, 2.45) is 4.99 Å². The van der Waals surface area contributed by atoms with Crippen molar-refractivity contribution in [2.45, 2.75) is 13.0 Å². The second-order valence-electron chi connectivity index (χ2n) is 9.74. The molecular formula is C34H27N3O4S. The minimum absolute atomic E-state index is 0.103. The minimum atomic E-state index is -0.969. The number of amidine groups is 1. The number of carboxylic acid groups (broad SMARTS) is 1. The Morgan fingerprint density at radius 3 is 2.48 bits per heavy atom. The molecule has 2 N–H and O–H groups in total. The topological polar surface area (TPSA) is 95.0 Å². The van der Waals surface area contributed by atoms with E-state index in [2.05, 4.69) is 11.1 Å². The van der Waals surface area contributed by atoms with Gasteiger partial charge in [0.15, 0.2) is 5.17 Å². The highest BCUT2D eigenvalue weighted by atomic mass is 32.2. The van der Waals surface area contributed by atoms with Crippen molar-refractivity contribution < 1.29 is 19.4 Å². The van der Waals surface area contributed by atoms with E-state index < -0.39 is 5.97 Å². The van der Waals surface area contributed by atoms with Crippen LogP contribution in [0.25, 0.3) is 17.0 Å². The number of aromatic amines is 1. The number of aromatic nitrogens is 1. The number of ether oxygens (including phenoxy) is 1. The van der Waals surface area contributed by atoms with Crippen LogP contribution >= 0.6 is 11.8 Å². The van der Waals surface area contributed by atoms with Gasteiger partial charge >= 0.3 is 5.97 Å². The number of carboxylic acids is 1. The SMILES string of the molecule is O=C(O)c1ccc(COc2ccccc2/C=C2\SC(=Nc3ccccc3)N(CCc3c[nH]c4ccccc34)C2=O)cc1. The smallest absolute Gasteiger partial charge is 0.335 e. The van der Waals surface area contributed by atoms with Crippen molar-refractivity contribution >= 4 is 51.5 Å². The Hall–Kier alpha value is -5.08. The van der Waals surface area contributed by atoms with E-state index in [1.807, 2.05) is 85.1 Å². The Kier molecular flexibility index (Phi) is 7.87. The van der Waals surface area contributed by atoms with Crippen LogP contribution in [-0.2, 0) is 17.8 Å². The third-order valence-electron chi connectivity index (χ3n) is 6.95. The number of benzene rings is 4. The number of thioether (sulfide) groups is 1. The van der Waals surface area contributed by atoms with Crippen LogP contribution < -0.4 is 4.74 Å². The van der Waals surface area contributed by atoms with Crippen LogP contribution in [0.15, 0.2) is 119 Å². The Morgan fingerprint density at radius 1 is 0.929 bits per heavy atom.